The van der Waals surface area contributed by atoms with E-state index in [0.29, 0.717) is 11.0 Å². The molecule has 1 heterocycles. The van der Waals surface area contributed by atoms with Crippen LogP contribution in [0.1, 0.15) is 20.8 Å². The first-order valence-electron chi connectivity index (χ1n) is 3.79. The minimum absolute atomic E-state index is 0.223. The lowest BCUT2D eigenvalue weighted by atomic mass is 9.93. The summed E-state index contributed by atoms with van der Waals surface area (Å²) in [5.41, 5.74) is 1.28. The van der Waals surface area contributed by atoms with Gasteiger partial charge in [-0.05, 0) is 12.8 Å². The molecule has 0 saturated carbocycles. The van der Waals surface area contributed by atoms with Crippen LogP contribution >= 0.6 is 11.6 Å². The average molecular weight is 173 g/mol. The summed E-state index contributed by atoms with van der Waals surface area (Å²) >= 11 is 5.71. The standard InChI is InChI=1S/C9H13ClO/c1-5(2)8-7(4)11-9(8)6(3)10/h5,7H,3H2,1-2,4H3. The maximum absolute atomic E-state index is 5.71. The SMILES string of the molecule is C=C(Cl)C1=C(C(C)C)C(C)O1. The summed E-state index contributed by atoms with van der Waals surface area (Å²) in [7, 11) is 0. The Morgan fingerprint density at radius 2 is 2.18 bits per heavy atom. The van der Waals surface area contributed by atoms with Gasteiger partial charge in [0.1, 0.15) is 11.9 Å². The van der Waals surface area contributed by atoms with Gasteiger partial charge in [-0.2, -0.15) is 0 Å². The number of halogens is 1. The molecule has 0 saturated heterocycles. The molecule has 0 aromatic rings. The van der Waals surface area contributed by atoms with Crippen molar-refractivity contribution in [3.8, 4) is 0 Å². The van der Waals surface area contributed by atoms with Gasteiger partial charge in [-0.3, -0.25) is 0 Å². The average Bonchev–Trinajstić information content (AvgIpc) is 1.80. The third-order valence-electron chi connectivity index (χ3n) is 1.86. The molecule has 1 aliphatic rings. The molecule has 0 aromatic carbocycles. The second kappa shape index (κ2) is 2.90. The topological polar surface area (TPSA) is 9.23 Å². The molecule has 62 valence electrons. The van der Waals surface area contributed by atoms with Crippen molar-refractivity contribution in [3.63, 3.8) is 0 Å². The van der Waals surface area contributed by atoms with Crippen LogP contribution in [0.2, 0.25) is 0 Å². The zero-order valence-electron chi connectivity index (χ0n) is 7.15. The van der Waals surface area contributed by atoms with Crippen molar-refractivity contribution in [2.45, 2.75) is 26.9 Å². The molecule has 0 N–H and O–H groups in total. The maximum Gasteiger partial charge on any atom is 0.141 e. The molecule has 2 heteroatoms. The molecular formula is C9H13ClO. The Morgan fingerprint density at radius 1 is 1.64 bits per heavy atom. The van der Waals surface area contributed by atoms with E-state index in [9.17, 15) is 0 Å². The Hall–Kier alpha value is -0.430. The van der Waals surface area contributed by atoms with Crippen molar-refractivity contribution in [2.75, 3.05) is 0 Å². The first-order chi connectivity index (χ1) is 5.04. The molecule has 1 rings (SSSR count). The first kappa shape index (κ1) is 8.66. The van der Waals surface area contributed by atoms with Crippen LogP contribution in [0.4, 0.5) is 0 Å². The van der Waals surface area contributed by atoms with Gasteiger partial charge in [0.15, 0.2) is 0 Å². The van der Waals surface area contributed by atoms with Crippen LogP contribution < -0.4 is 0 Å². The lowest BCUT2D eigenvalue weighted by Crippen LogP contribution is -2.28. The molecule has 1 nitrogen and oxygen atoms in total. The van der Waals surface area contributed by atoms with E-state index < -0.39 is 0 Å². The van der Waals surface area contributed by atoms with Gasteiger partial charge in [-0.15, -0.1) is 0 Å². The third-order valence-corrected chi connectivity index (χ3v) is 2.03. The molecule has 1 aliphatic heterocycles. The molecule has 0 spiro atoms. The fourth-order valence-corrected chi connectivity index (χ4v) is 1.54. The van der Waals surface area contributed by atoms with E-state index in [1.807, 2.05) is 6.92 Å². The van der Waals surface area contributed by atoms with Crippen LogP contribution in [-0.2, 0) is 4.74 Å². The van der Waals surface area contributed by atoms with Crippen molar-refractivity contribution in [3.05, 3.63) is 22.9 Å². The van der Waals surface area contributed by atoms with Gasteiger partial charge in [0.05, 0.1) is 5.03 Å². The predicted octanol–water partition coefficient (Wildman–Crippen LogP) is 3.07. The predicted molar refractivity (Wildman–Crippen MR) is 47.4 cm³/mol. The maximum atomic E-state index is 5.71. The monoisotopic (exact) mass is 172 g/mol. The van der Waals surface area contributed by atoms with E-state index in [1.54, 1.807) is 0 Å². The van der Waals surface area contributed by atoms with Crippen LogP contribution in [0.15, 0.2) is 22.9 Å². The number of allylic oxidation sites excluding steroid dienone is 1. The lowest BCUT2D eigenvalue weighted by Gasteiger charge is -2.33. The van der Waals surface area contributed by atoms with Crippen LogP contribution in [0.25, 0.3) is 0 Å². The Labute approximate surface area is 72.7 Å². The first-order valence-corrected chi connectivity index (χ1v) is 4.17. The van der Waals surface area contributed by atoms with E-state index in [0.717, 1.165) is 5.76 Å². The molecule has 11 heavy (non-hydrogen) atoms. The van der Waals surface area contributed by atoms with Gasteiger partial charge in [-0.1, -0.05) is 32.0 Å². The summed E-state index contributed by atoms with van der Waals surface area (Å²) in [6.45, 7) is 9.92. The quantitative estimate of drug-likeness (QED) is 0.622. The van der Waals surface area contributed by atoms with Gasteiger partial charge < -0.3 is 4.74 Å². The zero-order valence-corrected chi connectivity index (χ0v) is 7.90. The fourth-order valence-electron chi connectivity index (χ4n) is 1.39. The molecule has 1 unspecified atom stereocenters. The molecule has 0 bridgehead atoms. The lowest BCUT2D eigenvalue weighted by molar-refractivity contribution is 0.0970. The number of rotatable bonds is 2. The molecule has 0 amide bonds. The van der Waals surface area contributed by atoms with Gasteiger partial charge in [-0.25, -0.2) is 0 Å². The van der Waals surface area contributed by atoms with E-state index in [2.05, 4.69) is 20.4 Å². The third kappa shape index (κ3) is 1.43. The Morgan fingerprint density at radius 3 is 2.36 bits per heavy atom. The molecule has 0 aromatic heterocycles. The second-order valence-electron chi connectivity index (χ2n) is 3.10. The van der Waals surface area contributed by atoms with Gasteiger partial charge in [0.2, 0.25) is 0 Å². The van der Waals surface area contributed by atoms with Crippen molar-refractivity contribution < 1.29 is 4.74 Å². The number of hydrogen-bond donors (Lipinski definition) is 0. The number of ether oxygens (including phenoxy) is 1. The smallest absolute Gasteiger partial charge is 0.141 e. The van der Waals surface area contributed by atoms with Crippen molar-refractivity contribution in [2.24, 2.45) is 5.92 Å². The van der Waals surface area contributed by atoms with E-state index in [1.165, 1.54) is 5.57 Å². The molecular weight excluding hydrogens is 160 g/mol. The fraction of sp³-hybridized carbons (Fsp3) is 0.556. The minimum Gasteiger partial charge on any atom is -0.485 e. The molecule has 0 aliphatic carbocycles. The summed E-state index contributed by atoms with van der Waals surface area (Å²) < 4.78 is 5.32. The van der Waals surface area contributed by atoms with Crippen LogP contribution in [0, 0.1) is 5.92 Å². The number of hydrogen-bond acceptors (Lipinski definition) is 1. The molecule has 1 atom stereocenters. The minimum atomic E-state index is 0.223. The second-order valence-corrected chi connectivity index (χ2v) is 3.56. The van der Waals surface area contributed by atoms with E-state index >= 15 is 0 Å². The van der Waals surface area contributed by atoms with Crippen LogP contribution in [0.5, 0.6) is 0 Å². The van der Waals surface area contributed by atoms with Crippen molar-refractivity contribution in [1.29, 1.82) is 0 Å². The van der Waals surface area contributed by atoms with Crippen molar-refractivity contribution in [1.82, 2.24) is 0 Å². The van der Waals surface area contributed by atoms with E-state index in [-0.39, 0.29) is 6.10 Å². The van der Waals surface area contributed by atoms with E-state index in [4.69, 9.17) is 16.3 Å². The summed E-state index contributed by atoms with van der Waals surface area (Å²) in [6.07, 6.45) is 0.223. The Kier molecular flexibility index (Phi) is 2.28. The Balaban J connectivity index is 2.86. The highest BCUT2D eigenvalue weighted by molar-refractivity contribution is 6.31. The molecule has 0 fully saturated rings. The van der Waals surface area contributed by atoms with Crippen LogP contribution in [0.3, 0.4) is 0 Å². The largest absolute Gasteiger partial charge is 0.485 e. The zero-order chi connectivity index (χ0) is 8.59. The van der Waals surface area contributed by atoms with Crippen molar-refractivity contribution >= 4 is 11.6 Å². The summed E-state index contributed by atoms with van der Waals surface area (Å²) in [6, 6.07) is 0. The van der Waals surface area contributed by atoms with Gasteiger partial charge in [0, 0.05) is 5.57 Å². The normalized spacial score (nSPS) is 23.2. The Bertz CT molecular complexity index is 216. The van der Waals surface area contributed by atoms with Gasteiger partial charge in [0.25, 0.3) is 0 Å². The summed E-state index contributed by atoms with van der Waals surface area (Å²) in [5, 5.41) is 0.520. The highest BCUT2D eigenvalue weighted by Crippen LogP contribution is 2.37. The van der Waals surface area contributed by atoms with Crippen LogP contribution in [-0.4, -0.2) is 6.10 Å². The summed E-state index contributed by atoms with van der Waals surface area (Å²) in [4.78, 5) is 0. The highest BCUT2D eigenvalue weighted by atomic mass is 35.5. The highest BCUT2D eigenvalue weighted by Gasteiger charge is 2.30. The molecule has 0 radical (unpaired) electrons. The summed E-state index contributed by atoms with van der Waals surface area (Å²) in [5.74, 6) is 1.30. The van der Waals surface area contributed by atoms with Gasteiger partial charge >= 0.3 is 0 Å².